The van der Waals surface area contributed by atoms with E-state index >= 15 is 0 Å². The van der Waals surface area contributed by atoms with Crippen molar-refractivity contribution in [3.63, 3.8) is 0 Å². The van der Waals surface area contributed by atoms with Gasteiger partial charge in [0, 0.05) is 39.0 Å². The smallest absolute Gasteiger partial charge is 0.229 e. The normalized spacial score (nSPS) is 20.9. The zero-order valence-corrected chi connectivity index (χ0v) is 16.7. The fourth-order valence-corrected chi connectivity index (χ4v) is 4.59. The summed E-state index contributed by atoms with van der Waals surface area (Å²) in [5.41, 5.74) is 0.981. The number of morpholine rings is 1. The summed E-state index contributed by atoms with van der Waals surface area (Å²) in [6.45, 7) is 4.17. The van der Waals surface area contributed by atoms with Crippen LogP contribution in [0.15, 0.2) is 24.3 Å². The molecule has 1 unspecified atom stereocenters. The molecule has 0 aliphatic carbocycles. The first-order chi connectivity index (χ1) is 13.7. The molecular weight excluding hydrogens is 378 g/mol. The number of hydrogen-bond acceptors (Lipinski definition) is 6. The average Bonchev–Trinajstić information content (AvgIpc) is 2.99. The van der Waals surface area contributed by atoms with Gasteiger partial charge >= 0.3 is 0 Å². The lowest BCUT2D eigenvalue weighted by Gasteiger charge is -2.31. The number of para-hydroxylation sites is 1. The third kappa shape index (κ3) is 4.51. The lowest BCUT2D eigenvalue weighted by atomic mass is 10.1. The number of fused-ring (bicyclic) bond motifs is 1. The van der Waals surface area contributed by atoms with Crippen molar-refractivity contribution >= 4 is 33.4 Å². The van der Waals surface area contributed by atoms with Crippen LogP contribution < -0.4 is 0 Å². The van der Waals surface area contributed by atoms with Gasteiger partial charge in [-0.1, -0.05) is 12.1 Å². The number of hydrogen-bond donors (Lipinski definition) is 0. The second-order valence-electron chi connectivity index (χ2n) is 7.12. The number of aromatic nitrogens is 1. The average molecular weight is 404 g/mol. The molecule has 28 heavy (non-hydrogen) atoms. The summed E-state index contributed by atoms with van der Waals surface area (Å²) in [4.78, 5) is 33.8. The highest BCUT2D eigenvalue weighted by Crippen LogP contribution is 2.23. The van der Waals surface area contributed by atoms with Crippen molar-refractivity contribution in [1.29, 1.82) is 0 Å². The van der Waals surface area contributed by atoms with Crippen molar-refractivity contribution in [3.8, 4) is 0 Å². The standard InChI is InChI=1S/C20H25N3O4S/c24-19(6-5-18-21-16-3-1-2-4-17(16)28-18)23-9-12-27-14-15(13-23)20(25)22-7-10-26-11-8-22/h1-4,15H,5-14H2. The molecule has 3 heterocycles. The van der Waals surface area contributed by atoms with E-state index in [9.17, 15) is 9.59 Å². The summed E-state index contributed by atoms with van der Waals surface area (Å²) in [6.07, 6.45) is 1.02. The zero-order valence-electron chi connectivity index (χ0n) is 15.8. The molecule has 1 aromatic carbocycles. The monoisotopic (exact) mass is 403 g/mol. The quantitative estimate of drug-likeness (QED) is 0.775. The minimum Gasteiger partial charge on any atom is -0.379 e. The topological polar surface area (TPSA) is 72.0 Å². The molecule has 0 saturated carbocycles. The number of aryl methyl sites for hydroxylation is 1. The Labute approximate surface area is 168 Å². The molecule has 0 bridgehead atoms. The van der Waals surface area contributed by atoms with Crippen LogP contribution in [0.5, 0.6) is 0 Å². The molecule has 2 saturated heterocycles. The van der Waals surface area contributed by atoms with Crippen molar-refractivity contribution in [2.45, 2.75) is 12.8 Å². The molecular formula is C20H25N3O4S. The van der Waals surface area contributed by atoms with Gasteiger partial charge in [0.1, 0.15) is 0 Å². The highest BCUT2D eigenvalue weighted by Gasteiger charge is 2.31. The minimum absolute atomic E-state index is 0.0598. The molecule has 7 nitrogen and oxygen atoms in total. The summed E-state index contributed by atoms with van der Waals surface area (Å²) in [7, 11) is 0. The lowest BCUT2D eigenvalue weighted by molar-refractivity contribution is -0.142. The molecule has 2 aliphatic rings. The number of rotatable bonds is 4. The van der Waals surface area contributed by atoms with E-state index in [0.717, 1.165) is 15.2 Å². The fourth-order valence-electron chi connectivity index (χ4n) is 3.63. The number of amides is 2. The van der Waals surface area contributed by atoms with Crippen molar-refractivity contribution in [3.05, 3.63) is 29.3 Å². The molecule has 2 aromatic rings. The van der Waals surface area contributed by atoms with Gasteiger partial charge in [0.05, 0.1) is 47.6 Å². The Morgan fingerprint density at radius 2 is 1.82 bits per heavy atom. The van der Waals surface area contributed by atoms with Gasteiger partial charge in [0.15, 0.2) is 0 Å². The van der Waals surface area contributed by atoms with Gasteiger partial charge in [0.2, 0.25) is 11.8 Å². The highest BCUT2D eigenvalue weighted by molar-refractivity contribution is 7.18. The minimum atomic E-state index is -0.299. The second-order valence-corrected chi connectivity index (χ2v) is 8.24. The Kier molecular flexibility index (Phi) is 6.19. The fraction of sp³-hybridized carbons (Fsp3) is 0.550. The van der Waals surface area contributed by atoms with E-state index in [4.69, 9.17) is 9.47 Å². The Hall–Kier alpha value is -2.03. The number of carbonyl (C=O) groups is 2. The molecule has 8 heteroatoms. The third-order valence-corrected chi connectivity index (χ3v) is 6.28. The number of nitrogens with zero attached hydrogens (tertiary/aromatic N) is 3. The Balaban J connectivity index is 1.35. The number of ether oxygens (including phenoxy) is 2. The summed E-state index contributed by atoms with van der Waals surface area (Å²) in [5, 5.41) is 0.974. The van der Waals surface area contributed by atoms with Gasteiger partial charge < -0.3 is 19.3 Å². The number of carbonyl (C=O) groups excluding carboxylic acids is 2. The molecule has 2 aliphatic heterocycles. The number of benzene rings is 1. The van der Waals surface area contributed by atoms with Crippen molar-refractivity contribution in [1.82, 2.24) is 14.8 Å². The van der Waals surface area contributed by atoms with E-state index in [1.165, 1.54) is 0 Å². The van der Waals surface area contributed by atoms with Crippen LogP contribution in [0, 0.1) is 5.92 Å². The molecule has 4 rings (SSSR count). The van der Waals surface area contributed by atoms with Gasteiger partial charge in [-0.25, -0.2) is 4.98 Å². The Bertz CT molecular complexity index is 801. The van der Waals surface area contributed by atoms with E-state index < -0.39 is 0 Å². The molecule has 1 atom stereocenters. The predicted molar refractivity (Wildman–Crippen MR) is 106 cm³/mol. The summed E-state index contributed by atoms with van der Waals surface area (Å²) < 4.78 is 12.1. The molecule has 0 N–H and O–H groups in total. The first-order valence-electron chi connectivity index (χ1n) is 9.77. The van der Waals surface area contributed by atoms with E-state index in [-0.39, 0.29) is 17.7 Å². The van der Waals surface area contributed by atoms with Crippen LogP contribution in [-0.2, 0) is 25.5 Å². The van der Waals surface area contributed by atoms with Crippen molar-refractivity contribution < 1.29 is 19.1 Å². The van der Waals surface area contributed by atoms with Gasteiger partial charge in [-0.3, -0.25) is 9.59 Å². The van der Waals surface area contributed by atoms with Crippen LogP contribution in [0.1, 0.15) is 11.4 Å². The van der Waals surface area contributed by atoms with Crippen molar-refractivity contribution in [2.75, 3.05) is 52.6 Å². The molecule has 0 spiro atoms. The summed E-state index contributed by atoms with van der Waals surface area (Å²) in [6, 6.07) is 8.01. The second kappa shape index (κ2) is 8.98. The Morgan fingerprint density at radius 3 is 2.64 bits per heavy atom. The first kappa shape index (κ1) is 19.3. The van der Waals surface area contributed by atoms with Gasteiger partial charge in [-0.2, -0.15) is 0 Å². The van der Waals surface area contributed by atoms with Crippen LogP contribution in [0.3, 0.4) is 0 Å². The van der Waals surface area contributed by atoms with Gasteiger partial charge in [-0.15, -0.1) is 11.3 Å². The van der Waals surface area contributed by atoms with E-state index in [1.807, 2.05) is 29.2 Å². The molecule has 2 fully saturated rings. The van der Waals surface area contributed by atoms with Crippen LogP contribution >= 0.6 is 11.3 Å². The molecule has 150 valence electrons. The SMILES string of the molecule is O=C(CCc1nc2ccccc2s1)N1CCOCC(C(=O)N2CCOCC2)C1. The summed E-state index contributed by atoms with van der Waals surface area (Å²) in [5.74, 6) is -0.175. The molecule has 1 aromatic heterocycles. The first-order valence-corrected chi connectivity index (χ1v) is 10.6. The largest absolute Gasteiger partial charge is 0.379 e. The van der Waals surface area contributed by atoms with Gasteiger partial charge in [-0.05, 0) is 12.1 Å². The Morgan fingerprint density at radius 1 is 1.07 bits per heavy atom. The highest BCUT2D eigenvalue weighted by atomic mass is 32.1. The predicted octanol–water partition coefficient (Wildman–Crippen LogP) is 1.56. The van der Waals surface area contributed by atoms with E-state index in [2.05, 4.69) is 4.98 Å². The van der Waals surface area contributed by atoms with E-state index in [0.29, 0.717) is 65.4 Å². The summed E-state index contributed by atoms with van der Waals surface area (Å²) >= 11 is 1.64. The van der Waals surface area contributed by atoms with E-state index in [1.54, 1.807) is 16.2 Å². The van der Waals surface area contributed by atoms with Crippen LogP contribution in [0.2, 0.25) is 0 Å². The lowest BCUT2D eigenvalue weighted by Crippen LogP contribution is -2.47. The van der Waals surface area contributed by atoms with Crippen LogP contribution in [-0.4, -0.2) is 79.2 Å². The molecule has 0 radical (unpaired) electrons. The van der Waals surface area contributed by atoms with Crippen LogP contribution in [0.25, 0.3) is 10.2 Å². The maximum Gasteiger partial charge on any atom is 0.229 e. The number of thiazole rings is 1. The molecule has 2 amide bonds. The zero-order chi connectivity index (χ0) is 19.3. The maximum absolute atomic E-state index is 12.8. The van der Waals surface area contributed by atoms with Gasteiger partial charge in [0.25, 0.3) is 0 Å². The third-order valence-electron chi connectivity index (χ3n) is 5.18. The van der Waals surface area contributed by atoms with Crippen LogP contribution in [0.4, 0.5) is 0 Å². The maximum atomic E-state index is 12.8. The van der Waals surface area contributed by atoms with Crippen molar-refractivity contribution in [2.24, 2.45) is 5.92 Å².